The Bertz CT molecular complexity index is 554. The summed E-state index contributed by atoms with van der Waals surface area (Å²) in [6.07, 6.45) is 0.857. The van der Waals surface area contributed by atoms with Gasteiger partial charge in [-0.1, -0.05) is 18.2 Å². The largest absolute Gasteiger partial charge is 0.381 e. The second-order valence-corrected chi connectivity index (χ2v) is 6.17. The number of carbonyl (C=O) groups is 1. The fourth-order valence-corrected chi connectivity index (χ4v) is 3.59. The van der Waals surface area contributed by atoms with Crippen LogP contribution in [0.2, 0.25) is 0 Å². The molecule has 100 valence electrons. The summed E-state index contributed by atoms with van der Waals surface area (Å²) in [5.41, 5.74) is 0. The van der Waals surface area contributed by atoms with Gasteiger partial charge in [-0.3, -0.25) is 4.79 Å². The van der Waals surface area contributed by atoms with Gasteiger partial charge in [-0.25, -0.2) is 0 Å². The molecule has 1 atom stereocenters. The van der Waals surface area contributed by atoms with Crippen molar-refractivity contribution in [3.8, 4) is 0 Å². The van der Waals surface area contributed by atoms with E-state index < -0.39 is 0 Å². The number of fused-ring (bicyclic) bond motifs is 1. The van der Waals surface area contributed by atoms with Crippen LogP contribution in [0.5, 0.6) is 0 Å². The van der Waals surface area contributed by atoms with Gasteiger partial charge in [0.1, 0.15) is 0 Å². The third kappa shape index (κ3) is 2.65. The van der Waals surface area contributed by atoms with Crippen molar-refractivity contribution in [1.82, 2.24) is 4.90 Å². The van der Waals surface area contributed by atoms with Crippen LogP contribution in [0.1, 0.15) is 11.3 Å². The summed E-state index contributed by atoms with van der Waals surface area (Å²) in [5, 5.41) is 1.26. The molecular formula is C15H17NO2S. The third-order valence-electron chi connectivity index (χ3n) is 3.52. The van der Waals surface area contributed by atoms with Crippen LogP contribution >= 0.6 is 11.3 Å². The van der Waals surface area contributed by atoms with E-state index in [-0.39, 0.29) is 11.8 Å². The second-order valence-electron chi connectivity index (χ2n) is 5.01. The summed E-state index contributed by atoms with van der Waals surface area (Å²) in [6, 6.07) is 10.5. The van der Waals surface area contributed by atoms with E-state index >= 15 is 0 Å². The van der Waals surface area contributed by atoms with Crippen LogP contribution in [0.25, 0.3) is 10.1 Å². The smallest absolute Gasteiger partial charge is 0.228 e. The molecule has 0 spiro atoms. The maximum absolute atomic E-state index is 12.2. The van der Waals surface area contributed by atoms with Gasteiger partial charge in [0, 0.05) is 23.2 Å². The first-order valence-electron chi connectivity index (χ1n) is 6.54. The standard InChI is InChI=1S/C15H17NO2S/c1-16(15(17)12-6-7-18-10-12)9-13-8-11-4-2-3-5-14(11)19-13/h2-5,8,12H,6-7,9-10H2,1H3/t12-/m0/s1. The van der Waals surface area contributed by atoms with Crippen LogP contribution in [-0.4, -0.2) is 31.1 Å². The molecule has 1 saturated heterocycles. The van der Waals surface area contributed by atoms with Gasteiger partial charge in [0.15, 0.2) is 0 Å². The Morgan fingerprint density at radius 3 is 3.05 bits per heavy atom. The first kappa shape index (κ1) is 12.6. The number of amides is 1. The summed E-state index contributed by atoms with van der Waals surface area (Å²) >= 11 is 1.76. The molecule has 2 heterocycles. The summed E-state index contributed by atoms with van der Waals surface area (Å²) < 4.78 is 6.56. The van der Waals surface area contributed by atoms with Gasteiger partial charge < -0.3 is 9.64 Å². The first-order valence-corrected chi connectivity index (χ1v) is 7.36. The van der Waals surface area contributed by atoms with Gasteiger partial charge in [0.2, 0.25) is 5.91 Å². The average Bonchev–Trinajstić information content (AvgIpc) is 3.06. The highest BCUT2D eigenvalue weighted by Crippen LogP contribution is 2.26. The Morgan fingerprint density at radius 1 is 1.47 bits per heavy atom. The number of benzene rings is 1. The Labute approximate surface area is 116 Å². The normalized spacial score (nSPS) is 18.9. The van der Waals surface area contributed by atoms with Gasteiger partial charge in [-0.2, -0.15) is 0 Å². The monoisotopic (exact) mass is 275 g/mol. The molecule has 4 heteroatoms. The van der Waals surface area contributed by atoms with Crippen molar-refractivity contribution >= 4 is 27.3 Å². The van der Waals surface area contributed by atoms with Crippen LogP contribution in [0.4, 0.5) is 0 Å². The van der Waals surface area contributed by atoms with Gasteiger partial charge in [-0.05, 0) is 23.9 Å². The van der Waals surface area contributed by atoms with Gasteiger partial charge in [-0.15, -0.1) is 11.3 Å². The van der Waals surface area contributed by atoms with Crippen molar-refractivity contribution in [2.75, 3.05) is 20.3 Å². The summed E-state index contributed by atoms with van der Waals surface area (Å²) in [7, 11) is 1.88. The topological polar surface area (TPSA) is 29.5 Å². The van der Waals surface area contributed by atoms with Gasteiger partial charge in [0.25, 0.3) is 0 Å². The van der Waals surface area contributed by atoms with Crippen LogP contribution in [0, 0.1) is 5.92 Å². The lowest BCUT2D eigenvalue weighted by Crippen LogP contribution is -2.32. The molecule has 0 saturated carbocycles. The Hall–Kier alpha value is -1.39. The Kier molecular flexibility index (Phi) is 3.53. The maximum atomic E-state index is 12.2. The van der Waals surface area contributed by atoms with Crippen LogP contribution in [0.3, 0.4) is 0 Å². The van der Waals surface area contributed by atoms with Crippen molar-refractivity contribution in [3.63, 3.8) is 0 Å². The summed E-state index contributed by atoms with van der Waals surface area (Å²) in [5.74, 6) is 0.259. The van der Waals surface area contributed by atoms with Gasteiger partial charge in [0.05, 0.1) is 19.1 Å². The van der Waals surface area contributed by atoms with Gasteiger partial charge >= 0.3 is 0 Å². The van der Waals surface area contributed by atoms with E-state index in [1.807, 2.05) is 24.1 Å². The molecule has 3 rings (SSSR count). The molecule has 1 fully saturated rings. The molecule has 3 nitrogen and oxygen atoms in total. The lowest BCUT2D eigenvalue weighted by molar-refractivity contribution is -0.134. The van der Waals surface area contributed by atoms with Crippen molar-refractivity contribution < 1.29 is 9.53 Å². The zero-order chi connectivity index (χ0) is 13.2. The predicted octanol–water partition coefficient (Wildman–Crippen LogP) is 2.90. The molecule has 0 N–H and O–H groups in total. The molecule has 0 radical (unpaired) electrons. The fraction of sp³-hybridized carbons (Fsp3) is 0.400. The molecule has 19 heavy (non-hydrogen) atoms. The Balaban J connectivity index is 1.71. The first-order chi connectivity index (χ1) is 9.24. The van der Waals surface area contributed by atoms with Crippen LogP contribution < -0.4 is 0 Å². The molecule has 1 amide bonds. The fourth-order valence-electron chi connectivity index (χ4n) is 2.47. The molecule has 1 aliphatic heterocycles. The highest BCUT2D eigenvalue weighted by atomic mass is 32.1. The van der Waals surface area contributed by atoms with E-state index in [1.165, 1.54) is 15.0 Å². The SMILES string of the molecule is CN(Cc1cc2ccccc2s1)C(=O)[C@H]1CCOC1. The van der Waals surface area contributed by atoms with Crippen molar-refractivity contribution in [3.05, 3.63) is 35.2 Å². The Morgan fingerprint density at radius 2 is 2.32 bits per heavy atom. The van der Waals surface area contributed by atoms with Crippen molar-refractivity contribution in [2.24, 2.45) is 5.92 Å². The number of rotatable bonds is 3. The second kappa shape index (κ2) is 5.31. The summed E-state index contributed by atoms with van der Waals surface area (Å²) in [4.78, 5) is 15.3. The molecule has 0 bridgehead atoms. The maximum Gasteiger partial charge on any atom is 0.228 e. The van der Waals surface area contributed by atoms with E-state index in [4.69, 9.17) is 4.74 Å². The zero-order valence-electron chi connectivity index (χ0n) is 11.0. The number of hydrogen-bond acceptors (Lipinski definition) is 3. The molecular weight excluding hydrogens is 258 g/mol. The minimum atomic E-state index is 0.0550. The number of thiophene rings is 1. The lowest BCUT2D eigenvalue weighted by Gasteiger charge is -2.19. The van der Waals surface area contributed by atoms with Crippen molar-refractivity contribution in [2.45, 2.75) is 13.0 Å². The molecule has 1 aliphatic rings. The zero-order valence-corrected chi connectivity index (χ0v) is 11.8. The van der Waals surface area contributed by atoms with Crippen molar-refractivity contribution in [1.29, 1.82) is 0 Å². The lowest BCUT2D eigenvalue weighted by atomic mass is 10.1. The molecule has 1 aromatic carbocycles. The minimum Gasteiger partial charge on any atom is -0.381 e. The van der Waals surface area contributed by atoms with Crippen LogP contribution in [0.15, 0.2) is 30.3 Å². The minimum absolute atomic E-state index is 0.0550. The molecule has 0 unspecified atom stereocenters. The molecule has 2 aromatic rings. The predicted molar refractivity (Wildman–Crippen MR) is 77.2 cm³/mol. The number of carbonyl (C=O) groups excluding carboxylic acids is 1. The molecule has 1 aromatic heterocycles. The highest BCUT2D eigenvalue weighted by molar-refractivity contribution is 7.19. The van der Waals surface area contributed by atoms with E-state index in [0.717, 1.165) is 6.42 Å². The number of ether oxygens (including phenoxy) is 1. The number of nitrogens with zero attached hydrogens (tertiary/aromatic N) is 1. The number of hydrogen-bond donors (Lipinski definition) is 0. The van der Waals surface area contributed by atoms with E-state index in [1.54, 1.807) is 11.3 Å². The average molecular weight is 275 g/mol. The van der Waals surface area contributed by atoms with Crippen LogP contribution in [-0.2, 0) is 16.1 Å². The summed E-state index contributed by atoms with van der Waals surface area (Å²) in [6.45, 7) is 1.98. The highest BCUT2D eigenvalue weighted by Gasteiger charge is 2.26. The quantitative estimate of drug-likeness (QED) is 0.862. The third-order valence-corrected chi connectivity index (χ3v) is 4.63. The van der Waals surface area contributed by atoms with E-state index in [2.05, 4.69) is 18.2 Å². The van der Waals surface area contributed by atoms with E-state index in [9.17, 15) is 4.79 Å². The molecule has 0 aliphatic carbocycles. The van der Waals surface area contributed by atoms with E-state index in [0.29, 0.717) is 19.8 Å².